The zero-order chi connectivity index (χ0) is 17.8. The maximum atomic E-state index is 12.0. The summed E-state index contributed by atoms with van der Waals surface area (Å²) in [6.45, 7) is 1.42. The number of aryl methyl sites for hydroxylation is 1. The van der Waals surface area contributed by atoms with Crippen molar-refractivity contribution >= 4 is 21.7 Å². The molecule has 0 aromatic heterocycles. The van der Waals surface area contributed by atoms with Crippen molar-refractivity contribution in [1.29, 1.82) is 0 Å². The molecule has 0 amide bonds. The third-order valence-electron chi connectivity index (χ3n) is 2.64. The summed E-state index contributed by atoms with van der Waals surface area (Å²) in [7, 11) is -4.08. The van der Waals surface area contributed by atoms with Crippen molar-refractivity contribution in [1.82, 2.24) is 0 Å². The van der Waals surface area contributed by atoms with Gasteiger partial charge in [0.05, 0.1) is 10.5 Å². The van der Waals surface area contributed by atoms with Crippen LogP contribution in [0.2, 0.25) is 5.02 Å². The van der Waals surface area contributed by atoms with Crippen molar-refractivity contribution in [2.24, 2.45) is 0 Å². The van der Waals surface area contributed by atoms with Crippen LogP contribution >= 0.6 is 11.6 Å². The van der Waals surface area contributed by atoms with Gasteiger partial charge >= 0.3 is 6.18 Å². The van der Waals surface area contributed by atoms with E-state index in [-0.39, 0.29) is 16.2 Å². The molecular formula is C14H12ClF3O4S. The van der Waals surface area contributed by atoms with E-state index in [1.54, 1.807) is 0 Å². The fourth-order valence-corrected chi connectivity index (χ4v) is 2.04. The number of benzene rings is 2. The van der Waals surface area contributed by atoms with Crippen LogP contribution in [-0.2, 0) is 16.3 Å². The van der Waals surface area contributed by atoms with Crippen LogP contribution in [-0.4, -0.2) is 18.1 Å². The first-order chi connectivity index (χ1) is 10.4. The van der Waals surface area contributed by atoms with E-state index in [0.29, 0.717) is 5.02 Å². The number of aromatic hydroxyl groups is 1. The fourth-order valence-electron chi connectivity index (χ4n) is 1.44. The van der Waals surface area contributed by atoms with Crippen LogP contribution in [0.5, 0.6) is 5.75 Å². The Kier molecular flexibility index (Phi) is 6.04. The Bertz CT molecular complexity index is 772. The number of phenols is 1. The van der Waals surface area contributed by atoms with Gasteiger partial charge < -0.3 is 5.11 Å². The first-order valence-electron chi connectivity index (χ1n) is 6.01. The average molecular weight is 369 g/mol. The van der Waals surface area contributed by atoms with Gasteiger partial charge in [0, 0.05) is 5.02 Å². The Labute approximate surface area is 135 Å². The first kappa shape index (κ1) is 19.3. The van der Waals surface area contributed by atoms with E-state index in [9.17, 15) is 21.6 Å². The van der Waals surface area contributed by atoms with E-state index in [1.165, 1.54) is 31.2 Å². The molecule has 0 atom stereocenters. The van der Waals surface area contributed by atoms with Crippen molar-refractivity contribution in [3.63, 3.8) is 0 Å². The largest absolute Gasteiger partial charge is 0.508 e. The highest BCUT2D eigenvalue weighted by molar-refractivity contribution is 7.85. The van der Waals surface area contributed by atoms with Gasteiger partial charge in [-0.25, -0.2) is 0 Å². The molecule has 0 bridgehead atoms. The monoisotopic (exact) mass is 368 g/mol. The van der Waals surface area contributed by atoms with Gasteiger partial charge in [0.1, 0.15) is 5.75 Å². The van der Waals surface area contributed by atoms with E-state index < -0.39 is 21.9 Å². The fraction of sp³-hybridized carbons (Fsp3) is 0.143. The van der Waals surface area contributed by atoms with Crippen LogP contribution in [0.1, 0.15) is 11.1 Å². The van der Waals surface area contributed by atoms with Crippen LogP contribution in [0, 0.1) is 6.92 Å². The van der Waals surface area contributed by atoms with Gasteiger partial charge in [0.15, 0.2) is 0 Å². The Morgan fingerprint density at radius 1 is 1.04 bits per heavy atom. The molecule has 2 aromatic rings. The number of rotatable bonds is 1. The zero-order valence-corrected chi connectivity index (χ0v) is 13.2. The van der Waals surface area contributed by atoms with E-state index >= 15 is 0 Å². The second-order valence-corrected chi connectivity index (χ2v) is 6.29. The van der Waals surface area contributed by atoms with Gasteiger partial charge in [-0.05, 0) is 55.0 Å². The highest BCUT2D eigenvalue weighted by Crippen LogP contribution is 2.31. The summed E-state index contributed by atoms with van der Waals surface area (Å²) in [4.78, 5) is -0.151. The third-order valence-corrected chi connectivity index (χ3v) is 3.76. The van der Waals surface area contributed by atoms with Crippen molar-refractivity contribution in [2.75, 3.05) is 0 Å². The molecule has 0 saturated heterocycles. The van der Waals surface area contributed by atoms with Crippen molar-refractivity contribution in [3.8, 4) is 5.75 Å². The molecule has 0 aliphatic carbocycles. The lowest BCUT2D eigenvalue weighted by Gasteiger charge is -2.07. The maximum absolute atomic E-state index is 12.0. The smallest absolute Gasteiger partial charge is 0.416 e. The molecule has 2 aromatic carbocycles. The number of halogens is 4. The van der Waals surface area contributed by atoms with Crippen LogP contribution in [0.3, 0.4) is 0 Å². The summed E-state index contributed by atoms with van der Waals surface area (Å²) in [5.41, 5.74) is -0.511. The number of hydrogen-bond donors (Lipinski definition) is 2. The Morgan fingerprint density at radius 2 is 1.57 bits per heavy atom. The number of alkyl halides is 3. The lowest BCUT2D eigenvalue weighted by molar-refractivity contribution is -0.137. The van der Waals surface area contributed by atoms with E-state index in [1.807, 2.05) is 0 Å². The molecule has 0 fully saturated rings. The summed E-state index contributed by atoms with van der Waals surface area (Å²) >= 11 is 5.49. The average Bonchev–Trinajstić information content (AvgIpc) is 2.41. The second-order valence-electron chi connectivity index (χ2n) is 4.43. The van der Waals surface area contributed by atoms with Gasteiger partial charge in [0.2, 0.25) is 0 Å². The molecule has 2 rings (SSSR count). The number of hydrogen-bond acceptors (Lipinski definition) is 3. The second kappa shape index (κ2) is 7.20. The molecule has 23 heavy (non-hydrogen) atoms. The van der Waals surface area contributed by atoms with Crippen molar-refractivity contribution in [3.05, 3.63) is 58.6 Å². The van der Waals surface area contributed by atoms with Gasteiger partial charge in [0.25, 0.3) is 10.1 Å². The van der Waals surface area contributed by atoms with Gasteiger partial charge in [-0.3, -0.25) is 4.55 Å². The summed E-state index contributed by atoms with van der Waals surface area (Å²) < 4.78 is 65.5. The molecule has 9 heteroatoms. The first-order valence-corrected chi connectivity index (χ1v) is 7.83. The predicted molar refractivity (Wildman–Crippen MR) is 79.1 cm³/mol. The Balaban J connectivity index is 0.000000231. The molecule has 0 aliphatic rings. The minimum atomic E-state index is -4.33. The molecule has 0 spiro atoms. The minimum absolute atomic E-state index is 0.122. The van der Waals surface area contributed by atoms with Crippen molar-refractivity contribution in [2.45, 2.75) is 18.0 Å². The maximum Gasteiger partial charge on any atom is 0.416 e. The van der Waals surface area contributed by atoms with Crippen LogP contribution in [0.4, 0.5) is 13.2 Å². The molecular weight excluding hydrogens is 357 g/mol. The van der Waals surface area contributed by atoms with Crippen LogP contribution < -0.4 is 0 Å². The zero-order valence-electron chi connectivity index (χ0n) is 11.7. The van der Waals surface area contributed by atoms with E-state index in [2.05, 4.69) is 0 Å². The lowest BCUT2D eigenvalue weighted by atomic mass is 10.1. The normalized spacial score (nSPS) is 11.6. The minimum Gasteiger partial charge on any atom is -0.508 e. The third kappa shape index (κ3) is 6.09. The van der Waals surface area contributed by atoms with Crippen molar-refractivity contribution < 1.29 is 31.2 Å². The lowest BCUT2D eigenvalue weighted by Crippen LogP contribution is -2.04. The molecule has 0 unspecified atom stereocenters. The summed E-state index contributed by atoms with van der Waals surface area (Å²) in [6, 6.07) is 8.06. The van der Waals surface area contributed by atoms with Crippen LogP contribution in [0.15, 0.2) is 47.4 Å². The van der Waals surface area contributed by atoms with E-state index in [4.69, 9.17) is 21.3 Å². The van der Waals surface area contributed by atoms with Crippen LogP contribution in [0.25, 0.3) is 0 Å². The van der Waals surface area contributed by atoms with Gasteiger partial charge in [-0.1, -0.05) is 11.6 Å². The highest BCUT2D eigenvalue weighted by Gasteiger charge is 2.30. The molecule has 2 N–H and O–H groups in total. The molecule has 0 aliphatic heterocycles. The summed E-state index contributed by atoms with van der Waals surface area (Å²) in [5, 5.41) is 9.37. The van der Waals surface area contributed by atoms with E-state index in [0.717, 1.165) is 18.2 Å². The molecule has 0 heterocycles. The SMILES string of the molecule is Cc1cc(C(F)(F)F)ccc1O.O=S(=O)(O)c1ccc(Cl)cc1. The Hall–Kier alpha value is -1.77. The van der Waals surface area contributed by atoms with Gasteiger partial charge in [-0.15, -0.1) is 0 Å². The summed E-state index contributed by atoms with van der Waals surface area (Å²) in [5.74, 6) is -0.122. The molecule has 126 valence electrons. The highest BCUT2D eigenvalue weighted by atomic mass is 35.5. The molecule has 0 saturated carbocycles. The Morgan fingerprint density at radius 3 is 1.96 bits per heavy atom. The predicted octanol–water partition coefficient (Wildman–Crippen LogP) is 4.31. The molecule has 0 radical (unpaired) electrons. The summed E-state index contributed by atoms with van der Waals surface area (Å²) in [6.07, 6.45) is -4.33. The standard InChI is InChI=1S/C8H7F3O.C6H5ClO3S/c1-5-4-6(8(9,10)11)2-3-7(5)12;7-5-1-3-6(4-2-5)11(8,9)10/h2-4,12H,1H3;1-4H,(H,8,9,10). The number of phenolic OH excluding ortho intramolecular Hbond substituents is 1. The topological polar surface area (TPSA) is 74.6 Å². The van der Waals surface area contributed by atoms with Gasteiger partial charge in [-0.2, -0.15) is 21.6 Å². The molecule has 4 nitrogen and oxygen atoms in total. The quantitative estimate of drug-likeness (QED) is 0.736.